The van der Waals surface area contributed by atoms with Gasteiger partial charge in [0.1, 0.15) is 0 Å². The molecule has 0 bridgehead atoms. The topological polar surface area (TPSA) is 81.4 Å². The monoisotopic (exact) mass is 264 g/mol. The summed E-state index contributed by atoms with van der Waals surface area (Å²) in [5, 5.41) is 2.68. The zero-order chi connectivity index (χ0) is 14.6. The van der Waals surface area contributed by atoms with Crippen LogP contribution in [0.4, 0.5) is 5.69 Å². The summed E-state index contributed by atoms with van der Waals surface area (Å²) in [5.41, 5.74) is 7.27. The van der Waals surface area contributed by atoms with E-state index >= 15 is 0 Å². The first kappa shape index (κ1) is 15.0. The Balaban J connectivity index is 2.74. The third kappa shape index (κ3) is 3.98. The molecule has 3 N–H and O–H groups in total. The number of benzene rings is 1. The maximum absolute atomic E-state index is 11.9. The van der Waals surface area contributed by atoms with E-state index in [0.717, 1.165) is 5.56 Å². The van der Waals surface area contributed by atoms with Crippen LogP contribution in [0.25, 0.3) is 0 Å². The molecule has 1 aromatic rings. The molecule has 0 saturated carbocycles. The highest BCUT2D eigenvalue weighted by Crippen LogP contribution is 2.17. The van der Waals surface area contributed by atoms with Gasteiger partial charge in [-0.25, -0.2) is 4.79 Å². The standard InChI is InChI=1S/C14H20N2O3/c1-8(2)16-13(17)10(4)19-14(18)11-7-5-6-9(3)12(11)15/h5-8,10H,15H2,1-4H3,(H,16,17). The minimum absolute atomic E-state index is 0.00214. The number of nitrogen functional groups attached to an aromatic ring is 1. The number of rotatable bonds is 4. The number of para-hydroxylation sites is 1. The Labute approximate surface area is 113 Å². The summed E-state index contributed by atoms with van der Waals surface area (Å²) in [4.78, 5) is 23.6. The Morgan fingerprint density at radius 2 is 1.89 bits per heavy atom. The summed E-state index contributed by atoms with van der Waals surface area (Å²) in [6.45, 7) is 7.01. The van der Waals surface area contributed by atoms with E-state index in [0.29, 0.717) is 5.69 Å². The van der Waals surface area contributed by atoms with E-state index in [9.17, 15) is 9.59 Å². The van der Waals surface area contributed by atoms with Crippen molar-refractivity contribution < 1.29 is 14.3 Å². The number of esters is 1. The average molecular weight is 264 g/mol. The molecule has 1 atom stereocenters. The molecule has 0 saturated heterocycles. The number of hydrogen-bond donors (Lipinski definition) is 2. The van der Waals surface area contributed by atoms with E-state index in [-0.39, 0.29) is 17.5 Å². The lowest BCUT2D eigenvalue weighted by molar-refractivity contribution is -0.129. The number of carbonyl (C=O) groups excluding carboxylic acids is 2. The van der Waals surface area contributed by atoms with Crippen LogP contribution in [0.2, 0.25) is 0 Å². The van der Waals surface area contributed by atoms with Crippen molar-refractivity contribution in [2.24, 2.45) is 0 Å². The predicted molar refractivity (Wildman–Crippen MR) is 73.7 cm³/mol. The molecule has 0 aliphatic rings. The third-order valence-electron chi connectivity index (χ3n) is 2.63. The van der Waals surface area contributed by atoms with Gasteiger partial charge >= 0.3 is 5.97 Å². The molecule has 0 aromatic heterocycles. The molecule has 19 heavy (non-hydrogen) atoms. The van der Waals surface area contributed by atoms with Crippen molar-refractivity contribution in [3.05, 3.63) is 29.3 Å². The minimum atomic E-state index is -0.852. The van der Waals surface area contributed by atoms with E-state index in [4.69, 9.17) is 10.5 Å². The van der Waals surface area contributed by atoms with Gasteiger partial charge in [-0.15, -0.1) is 0 Å². The number of amides is 1. The molecule has 1 unspecified atom stereocenters. The van der Waals surface area contributed by atoms with Crippen molar-refractivity contribution >= 4 is 17.6 Å². The van der Waals surface area contributed by atoms with Crippen molar-refractivity contribution in [1.29, 1.82) is 0 Å². The van der Waals surface area contributed by atoms with Crippen molar-refractivity contribution in [2.45, 2.75) is 39.8 Å². The van der Waals surface area contributed by atoms with E-state index in [1.54, 1.807) is 25.1 Å². The second-order valence-corrected chi connectivity index (χ2v) is 4.75. The van der Waals surface area contributed by atoms with Crippen LogP contribution in [0.3, 0.4) is 0 Å². The lowest BCUT2D eigenvalue weighted by Crippen LogP contribution is -2.39. The summed E-state index contributed by atoms with van der Waals surface area (Å²) >= 11 is 0. The Morgan fingerprint density at radius 1 is 1.26 bits per heavy atom. The van der Waals surface area contributed by atoms with Crippen molar-refractivity contribution in [3.63, 3.8) is 0 Å². The summed E-state index contributed by atoms with van der Waals surface area (Å²) in [5.74, 6) is -0.915. The molecule has 0 aliphatic heterocycles. The zero-order valence-corrected chi connectivity index (χ0v) is 11.7. The second-order valence-electron chi connectivity index (χ2n) is 4.75. The van der Waals surface area contributed by atoms with Gasteiger partial charge in [-0.05, 0) is 39.3 Å². The first-order chi connectivity index (χ1) is 8.82. The molecule has 5 heteroatoms. The van der Waals surface area contributed by atoms with Crippen molar-refractivity contribution in [1.82, 2.24) is 5.32 Å². The van der Waals surface area contributed by atoms with Gasteiger partial charge in [0.05, 0.1) is 5.56 Å². The highest BCUT2D eigenvalue weighted by atomic mass is 16.5. The molecule has 0 heterocycles. The van der Waals surface area contributed by atoms with E-state index in [2.05, 4.69) is 5.32 Å². The Hall–Kier alpha value is -2.04. The van der Waals surface area contributed by atoms with Gasteiger partial charge < -0.3 is 15.8 Å². The molecular weight excluding hydrogens is 244 g/mol. The van der Waals surface area contributed by atoms with Crippen molar-refractivity contribution in [3.8, 4) is 0 Å². The molecule has 1 aromatic carbocycles. The molecule has 1 rings (SSSR count). The van der Waals surface area contributed by atoms with Gasteiger partial charge in [0, 0.05) is 11.7 Å². The molecule has 1 amide bonds. The average Bonchev–Trinajstić information content (AvgIpc) is 2.31. The Morgan fingerprint density at radius 3 is 2.47 bits per heavy atom. The van der Waals surface area contributed by atoms with E-state index in [1.165, 1.54) is 6.92 Å². The Kier molecular flexibility index (Phi) is 4.92. The fourth-order valence-corrected chi connectivity index (χ4v) is 1.54. The molecule has 5 nitrogen and oxygen atoms in total. The van der Waals surface area contributed by atoms with Gasteiger partial charge in [0.2, 0.25) is 0 Å². The Bertz CT molecular complexity index is 484. The highest BCUT2D eigenvalue weighted by molar-refractivity contribution is 5.97. The van der Waals surface area contributed by atoms with Crippen LogP contribution in [-0.4, -0.2) is 24.0 Å². The number of anilines is 1. The van der Waals surface area contributed by atoms with Gasteiger partial charge in [-0.1, -0.05) is 12.1 Å². The zero-order valence-electron chi connectivity index (χ0n) is 11.7. The molecule has 0 radical (unpaired) electrons. The third-order valence-corrected chi connectivity index (χ3v) is 2.63. The molecule has 0 spiro atoms. The lowest BCUT2D eigenvalue weighted by atomic mass is 10.1. The number of carbonyl (C=O) groups is 2. The fourth-order valence-electron chi connectivity index (χ4n) is 1.54. The summed E-state index contributed by atoms with van der Waals surface area (Å²) in [6.07, 6.45) is -0.852. The van der Waals surface area contributed by atoms with Gasteiger partial charge in [0.15, 0.2) is 6.10 Å². The molecule has 0 aliphatic carbocycles. The smallest absolute Gasteiger partial charge is 0.341 e. The largest absolute Gasteiger partial charge is 0.449 e. The van der Waals surface area contributed by atoms with Crippen LogP contribution in [0.5, 0.6) is 0 Å². The number of aryl methyl sites for hydroxylation is 1. The van der Waals surface area contributed by atoms with Crippen LogP contribution < -0.4 is 11.1 Å². The van der Waals surface area contributed by atoms with Gasteiger partial charge in [0.25, 0.3) is 5.91 Å². The SMILES string of the molecule is Cc1cccc(C(=O)OC(C)C(=O)NC(C)C)c1N. The van der Waals surface area contributed by atoms with Gasteiger partial charge in [-0.3, -0.25) is 4.79 Å². The van der Waals surface area contributed by atoms with Crippen LogP contribution >= 0.6 is 0 Å². The summed E-state index contributed by atoms with van der Waals surface area (Å²) in [7, 11) is 0. The van der Waals surface area contributed by atoms with Crippen LogP contribution in [0, 0.1) is 6.92 Å². The van der Waals surface area contributed by atoms with Crippen LogP contribution in [-0.2, 0) is 9.53 Å². The fraction of sp³-hybridized carbons (Fsp3) is 0.429. The number of hydrogen-bond acceptors (Lipinski definition) is 4. The maximum atomic E-state index is 11.9. The summed E-state index contributed by atoms with van der Waals surface area (Å²) < 4.78 is 5.10. The molecule has 104 valence electrons. The maximum Gasteiger partial charge on any atom is 0.341 e. The lowest BCUT2D eigenvalue weighted by Gasteiger charge is -2.16. The normalized spacial score (nSPS) is 12.1. The minimum Gasteiger partial charge on any atom is -0.449 e. The first-order valence-electron chi connectivity index (χ1n) is 6.19. The van der Waals surface area contributed by atoms with E-state index < -0.39 is 12.1 Å². The van der Waals surface area contributed by atoms with Crippen molar-refractivity contribution in [2.75, 3.05) is 5.73 Å². The van der Waals surface area contributed by atoms with Crippen LogP contribution in [0.15, 0.2) is 18.2 Å². The second kappa shape index (κ2) is 6.22. The summed E-state index contributed by atoms with van der Waals surface area (Å²) in [6, 6.07) is 5.11. The number of nitrogens with one attached hydrogen (secondary N) is 1. The number of nitrogens with two attached hydrogens (primary N) is 1. The molecular formula is C14H20N2O3. The van der Waals surface area contributed by atoms with Crippen LogP contribution in [0.1, 0.15) is 36.7 Å². The highest BCUT2D eigenvalue weighted by Gasteiger charge is 2.20. The molecule has 0 fully saturated rings. The quantitative estimate of drug-likeness (QED) is 0.640. The first-order valence-corrected chi connectivity index (χ1v) is 6.19. The van der Waals surface area contributed by atoms with Gasteiger partial charge in [-0.2, -0.15) is 0 Å². The number of ether oxygens (including phenoxy) is 1. The van der Waals surface area contributed by atoms with E-state index in [1.807, 2.05) is 13.8 Å². The predicted octanol–water partition coefficient (Wildman–Crippen LogP) is 1.65.